The Hall–Kier alpha value is 0.227. The first-order chi connectivity index (χ1) is 2.94. The first-order valence-corrected chi connectivity index (χ1v) is 3.31. The summed E-state index contributed by atoms with van der Waals surface area (Å²) in [5, 5.41) is -1.03. The van der Waals surface area contributed by atoms with Crippen LogP contribution in [0.2, 0.25) is 0 Å². The van der Waals surface area contributed by atoms with E-state index in [2.05, 4.69) is 0 Å². The molecule has 0 bridgehead atoms. The third-order valence-corrected chi connectivity index (χ3v) is 2.32. The summed E-state index contributed by atoms with van der Waals surface area (Å²) in [6.07, 6.45) is 0. The zero-order valence-electron chi connectivity index (χ0n) is 3.54. The zero-order valence-corrected chi connectivity index (χ0v) is 7.13. The van der Waals surface area contributed by atoms with Crippen LogP contribution in [0, 0.1) is 0 Å². The van der Waals surface area contributed by atoms with Gasteiger partial charge < -0.3 is 0 Å². The van der Waals surface area contributed by atoms with Crippen LogP contribution >= 0.6 is 15.9 Å². The van der Waals surface area contributed by atoms with E-state index in [1.54, 1.807) is 0 Å². The Bertz CT molecular complexity index is 88.2. The highest BCUT2D eigenvalue weighted by atomic mass is 79.9. The predicted molar refractivity (Wildman–Crippen MR) is 28.8 cm³/mol. The normalized spacial score (nSPS) is 11.9. The lowest BCUT2D eigenvalue weighted by Crippen LogP contribution is -2.19. The monoisotopic (exact) mass is 188 g/mol. The molecule has 0 aromatic heterocycles. The molecule has 0 aromatic carbocycles. The summed E-state index contributed by atoms with van der Waals surface area (Å²) in [5.41, 5.74) is 0. The van der Waals surface area contributed by atoms with E-state index in [1.165, 1.54) is 0 Å². The molecule has 0 aliphatic rings. The molecular weight excluding hydrogens is 186 g/mol. The van der Waals surface area contributed by atoms with E-state index in [1.807, 2.05) is 15.9 Å². The first kappa shape index (κ1) is 7.23. The molecule has 0 fully saturated rings. The van der Waals surface area contributed by atoms with Crippen LogP contribution in [0.15, 0.2) is 0 Å². The van der Waals surface area contributed by atoms with E-state index in [-0.39, 0.29) is 10.2 Å². The molecule has 0 spiro atoms. The maximum absolute atomic E-state index is 11.4. The van der Waals surface area contributed by atoms with Gasteiger partial charge in [0.25, 0.3) is 0 Å². The molecule has 0 unspecified atom stereocenters. The van der Waals surface area contributed by atoms with Gasteiger partial charge in [-0.1, -0.05) is 0 Å². The maximum atomic E-state index is 11.4. The number of halogens is 3. The van der Waals surface area contributed by atoms with Gasteiger partial charge in [0.2, 0.25) is 0 Å². The van der Waals surface area contributed by atoms with Crippen molar-refractivity contribution in [3.8, 4) is 0 Å². The van der Waals surface area contributed by atoms with Crippen molar-refractivity contribution in [2.45, 2.75) is 4.83 Å². The van der Waals surface area contributed by atoms with Crippen molar-refractivity contribution in [1.82, 2.24) is 0 Å². The molecule has 7 heavy (non-hydrogen) atoms. The summed E-state index contributed by atoms with van der Waals surface area (Å²) in [5.74, 6) is 0. The van der Waals surface area contributed by atoms with E-state index in [0.717, 1.165) is 0 Å². The highest BCUT2D eigenvalue weighted by molar-refractivity contribution is 9.10. The van der Waals surface area contributed by atoms with E-state index in [4.69, 9.17) is 0 Å². The van der Waals surface area contributed by atoms with Gasteiger partial charge in [-0.05, 0) is 15.9 Å². The molecule has 0 radical (unpaired) electrons. The molecule has 1 nitrogen and oxygen atoms in total. The standard InChI is InChI=1S/C2H3BrF2OSi/c3-2(4,5)1(6)7/h7H3. The van der Waals surface area contributed by atoms with Gasteiger partial charge in [0.05, 0.1) is 10.2 Å². The van der Waals surface area contributed by atoms with Gasteiger partial charge in [0, 0.05) is 0 Å². The van der Waals surface area contributed by atoms with Crippen molar-refractivity contribution < 1.29 is 13.6 Å². The second kappa shape index (κ2) is 2.00. The number of rotatable bonds is 1. The minimum atomic E-state index is -3.26. The summed E-state index contributed by atoms with van der Waals surface area (Å²) >= 11 is 1.89. The van der Waals surface area contributed by atoms with Gasteiger partial charge in [0.15, 0.2) is 5.41 Å². The maximum Gasteiger partial charge on any atom is 0.353 e. The van der Waals surface area contributed by atoms with Crippen molar-refractivity contribution in [2.75, 3.05) is 0 Å². The molecule has 42 valence electrons. The van der Waals surface area contributed by atoms with Crippen molar-refractivity contribution in [3.63, 3.8) is 0 Å². The number of hydrogen-bond donors (Lipinski definition) is 0. The number of hydrogen-bond acceptors (Lipinski definition) is 1. The molecule has 0 aromatic rings. The topological polar surface area (TPSA) is 17.1 Å². The minimum absolute atomic E-state index is 0.108. The summed E-state index contributed by atoms with van der Waals surface area (Å²) < 4.78 is 22.9. The molecular formula is C2H3BrF2OSi. The number of alkyl halides is 3. The van der Waals surface area contributed by atoms with Gasteiger partial charge in [0.1, 0.15) is 0 Å². The van der Waals surface area contributed by atoms with Crippen molar-refractivity contribution in [1.29, 1.82) is 0 Å². The fraction of sp³-hybridized carbons (Fsp3) is 0.500. The average molecular weight is 189 g/mol. The van der Waals surface area contributed by atoms with Crippen LogP contribution in [0.25, 0.3) is 0 Å². The van der Waals surface area contributed by atoms with Gasteiger partial charge in [-0.25, -0.2) is 0 Å². The van der Waals surface area contributed by atoms with E-state index >= 15 is 0 Å². The Morgan fingerprint density at radius 3 is 1.86 bits per heavy atom. The molecule has 0 saturated carbocycles. The number of carbonyl (C=O) groups excluding carboxylic acids is 1. The molecule has 0 N–H and O–H groups in total. The Morgan fingerprint density at radius 1 is 1.71 bits per heavy atom. The van der Waals surface area contributed by atoms with E-state index in [9.17, 15) is 13.6 Å². The summed E-state index contributed by atoms with van der Waals surface area (Å²) in [7, 11) is -0.108. The van der Waals surface area contributed by atoms with Crippen LogP contribution in [-0.4, -0.2) is 20.5 Å². The zero-order chi connectivity index (χ0) is 6.08. The van der Waals surface area contributed by atoms with Crippen LogP contribution in [0.5, 0.6) is 0 Å². The van der Waals surface area contributed by atoms with Crippen molar-refractivity contribution >= 4 is 31.6 Å². The fourth-order valence-corrected chi connectivity index (χ4v) is 0. The highest BCUT2D eigenvalue weighted by Gasteiger charge is 2.29. The molecule has 0 heterocycles. The SMILES string of the molecule is O=C([SiH3])C(F)(F)Br. The molecule has 0 aliphatic carbocycles. The predicted octanol–water partition coefficient (Wildman–Crippen LogP) is -0.134. The average Bonchev–Trinajstić information content (AvgIpc) is 1.31. The summed E-state index contributed by atoms with van der Waals surface area (Å²) in [6.45, 7) is 0. The Labute approximate surface area is 50.6 Å². The highest BCUT2D eigenvalue weighted by Crippen LogP contribution is 2.20. The minimum Gasteiger partial charge on any atom is -0.299 e. The van der Waals surface area contributed by atoms with E-state index in [0.29, 0.717) is 0 Å². The Morgan fingerprint density at radius 2 is 1.86 bits per heavy atom. The lowest BCUT2D eigenvalue weighted by atomic mass is 10.8. The van der Waals surface area contributed by atoms with Gasteiger partial charge >= 0.3 is 4.83 Å². The van der Waals surface area contributed by atoms with Crippen LogP contribution in [0.1, 0.15) is 0 Å². The van der Waals surface area contributed by atoms with Crippen molar-refractivity contribution in [2.24, 2.45) is 0 Å². The molecule has 0 rings (SSSR count). The fourth-order valence-electron chi connectivity index (χ4n) is 0. The van der Waals surface area contributed by atoms with Gasteiger partial charge in [-0.15, -0.1) is 0 Å². The molecule has 0 amide bonds. The summed E-state index contributed by atoms with van der Waals surface area (Å²) in [4.78, 5) is 6.47. The molecule has 5 heteroatoms. The third-order valence-electron chi connectivity index (χ3n) is 0.399. The van der Waals surface area contributed by atoms with E-state index < -0.39 is 10.2 Å². The van der Waals surface area contributed by atoms with Crippen LogP contribution in [0.3, 0.4) is 0 Å². The second-order valence-electron chi connectivity index (χ2n) is 1.05. The largest absolute Gasteiger partial charge is 0.353 e. The lowest BCUT2D eigenvalue weighted by Gasteiger charge is -1.98. The number of carbonyl (C=O) groups is 1. The first-order valence-electron chi connectivity index (χ1n) is 1.52. The lowest BCUT2D eigenvalue weighted by molar-refractivity contribution is -0.123. The Balaban J connectivity index is 3.79. The third kappa shape index (κ3) is 2.87. The molecule has 0 aliphatic heterocycles. The van der Waals surface area contributed by atoms with Gasteiger partial charge in [-0.2, -0.15) is 8.78 Å². The second-order valence-corrected chi connectivity index (χ2v) is 2.96. The molecule has 0 saturated heterocycles. The van der Waals surface area contributed by atoms with Crippen LogP contribution in [0.4, 0.5) is 8.78 Å². The Kier molecular flexibility index (Phi) is 2.06. The molecule has 0 atom stereocenters. The van der Waals surface area contributed by atoms with Crippen LogP contribution < -0.4 is 0 Å². The summed E-state index contributed by atoms with van der Waals surface area (Å²) in [6, 6.07) is 0. The smallest absolute Gasteiger partial charge is 0.299 e. The van der Waals surface area contributed by atoms with Crippen molar-refractivity contribution in [3.05, 3.63) is 0 Å². The quantitative estimate of drug-likeness (QED) is 0.414. The van der Waals surface area contributed by atoms with Crippen LogP contribution in [-0.2, 0) is 4.79 Å². The van der Waals surface area contributed by atoms with Gasteiger partial charge in [-0.3, -0.25) is 4.79 Å².